The number of rotatable bonds is 3. The minimum absolute atomic E-state index is 0.0506. The van der Waals surface area contributed by atoms with Crippen LogP contribution in [0.3, 0.4) is 0 Å². The van der Waals surface area contributed by atoms with E-state index in [1.807, 2.05) is 13.8 Å². The molecule has 6 heteroatoms. The summed E-state index contributed by atoms with van der Waals surface area (Å²) in [5.41, 5.74) is 1.02. The summed E-state index contributed by atoms with van der Waals surface area (Å²) in [5, 5.41) is 9.22. The minimum Gasteiger partial charge on any atom is -0.486 e. The van der Waals surface area contributed by atoms with Gasteiger partial charge < -0.3 is 19.0 Å². The molecule has 0 amide bonds. The lowest BCUT2D eigenvalue weighted by Crippen LogP contribution is -2.15. The third-order valence-electron chi connectivity index (χ3n) is 3.19. The van der Waals surface area contributed by atoms with Crippen molar-refractivity contribution in [3.63, 3.8) is 0 Å². The van der Waals surface area contributed by atoms with Crippen LogP contribution in [0.2, 0.25) is 0 Å². The van der Waals surface area contributed by atoms with E-state index < -0.39 is 5.97 Å². The van der Waals surface area contributed by atoms with Gasteiger partial charge in [0.05, 0.1) is 11.3 Å². The highest BCUT2D eigenvalue weighted by Crippen LogP contribution is 2.40. The van der Waals surface area contributed by atoms with Crippen molar-refractivity contribution in [3.05, 3.63) is 29.7 Å². The molecule has 0 unspecified atom stereocenters. The number of carboxylic acids is 1. The van der Waals surface area contributed by atoms with E-state index >= 15 is 0 Å². The Morgan fingerprint density at radius 1 is 1.29 bits per heavy atom. The summed E-state index contributed by atoms with van der Waals surface area (Å²) in [6.07, 6.45) is 0. The number of nitrogens with zero attached hydrogens (tertiary/aromatic N) is 1. The Balaban J connectivity index is 2.13. The normalized spacial score (nSPS) is 13.5. The van der Waals surface area contributed by atoms with Gasteiger partial charge in [-0.05, 0) is 18.1 Å². The molecule has 0 spiro atoms. The molecule has 1 aliphatic heterocycles. The zero-order valence-electron chi connectivity index (χ0n) is 11.8. The first-order chi connectivity index (χ1) is 10.1. The lowest BCUT2D eigenvalue weighted by atomic mass is 10.1. The molecular weight excluding hydrogens is 274 g/mol. The van der Waals surface area contributed by atoms with Gasteiger partial charge in [-0.1, -0.05) is 19.9 Å². The van der Waals surface area contributed by atoms with Crippen molar-refractivity contribution >= 4 is 5.97 Å². The van der Waals surface area contributed by atoms with Gasteiger partial charge in [0, 0.05) is 0 Å². The highest BCUT2D eigenvalue weighted by Gasteiger charge is 2.26. The van der Waals surface area contributed by atoms with Gasteiger partial charge in [0.2, 0.25) is 11.7 Å². The molecule has 0 fully saturated rings. The molecule has 2 heterocycles. The third-order valence-corrected chi connectivity index (χ3v) is 3.19. The molecule has 6 nitrogen and oxygen atoms in total. The van der Waals surface area contributed by atoms with Crippen LogP contribution in [0, 0.1) is 0 Å². The van der Waals surface area contributed by atoms with E-state index in [-0.39, 0.29) is 17.6 Å². The SMILES string of the molecule is CC(C)c1nc(-c2cccc3c2OCCO3)oc1C(=O)O. The van der Waals surface area contributed by atoms with Crippen LogP contribution in [0.25, 0.3) is 11.5 Å². The van der Waals surface area contributed by atoms with Gasteiger partial charge in [0.1, 0.15) is 13.2 Å². The molecule has 3 rings (SSSR count). The molecule has 1 N–H and O–H groups in total. The second-order valence-corrected chi connectivity index (χ2v) is 5.02. The highest BCUT2D eigenvalue weighted by molar-refractivity contribution is 5.86. The highest BCUT2D eigenvalue weighted by atomic mass is 16.6. The fourth-order valence-corrected chi connectivity index (χ4v) is 2.23. The number of aromatic carboxylic acids is 1. The van der Waals surface area contributed by atoms with Crippen LogP contribution in [-0.4, -0.2) is 29.3 Å². The van der Waals surface area contributed by atoms with E-state index in [0.29, 0.717) is 36.0 Å². The molecular formula is C15H15NO5. The maximum atomic E-state index is 11.3. The smallest absolute Gasteiger partial charge is 0.373 e. The fraction of sp³-hybridized carbons (Fsp3) is 0.333. The van der Waals surface area contributed by atoms with Crippen molar-refractivity contribution in [3.8, 4) is 23.0 Å². The second kappa shape index (κ2) is 5.12. The molecule has 0 saturated heterocycles. The molecule has 110 valence electrons. The first-order valence-corrected chi connectivity index (χ1v) is 6.71. The zero-order valence-corrected chi connectivity index (χ0v) is 11.8. The third kappa shape index (κ3) is 2.33. The van der Waals surface area contributed by atoms with E-state index in [4.69, 9.17) is 13.9 Å². The number of benzene rings is 1. The first-order valence-electron chi connectivity index (χ1n) is 6.71. The number of oxazole rings is 1. The number of carbonyl (C=O) groups is 1. The van der Waals surface area contributed by atoms with E-state index in [2.05, 4.69) is 4.98 Å². The molecule has 0 bridgehead atoms. The van der Waals surface area contributed by atoms with Gasteiger partial charge in [-0.25, -0.2) is 9.78 Å². The molecule has 0 saturated carbocycles. The molecule has 1 aromatic carbocycles. The predicted molar refractivity (Wildman–Crippen MR) is 74.0 cm³/mol. The number of ether oxygens (including phenoxy) is 2. The molecule has 1 aliphatic rings. The summed E-state index contributed by atoms with van der Waals surface area (Å²) in [7, 11) is 0. The molecule has 1 aromatic heterocycles. The van der Waals surface area contributed by atoms with Crippen molar-refractivity contribution < 1.29 is 23.8 Å². The molecule has 21 heavy (non-hydrogen) atoms. The predicted octanol–water partition coefficient (Wildman–Crippen LogP) is 2.93. The summed E-state index contributed by atoms with van der Waals surface area (Å²) < 4.78 is 16.6. The number of carboxylic acid groups (broad SMARTS) is 1. The van der Waals surface area contributed by atoms with Crippen LogP contribution in [0.5, 0.6) is 11.5 Å². The first kappa shape index (κ1) is 13.5. The summed E-state index contributed by atoms with van der Waals surface area (Å²) in [5.74, 6) is 0.0784. The summed E-state index contributed by atoms with van der Waals surface area (Å²) in [6, 6.07) is 5.36. The Hall–Kier alpha value is -2.50. The van der Waals surface area contributed by atoms with Gasteiger partial charge in [0.15, 0.2) is 11.5 Å². The maximum absolute atomic E-state index is 11.3. The number of fused-ring (bicyclic) bond motifs is 1. The Kier molecular flexibility index (Phi) is 3.29. The van der Waals surface area contributed by atoms with Crippen LogP contribution in [0.15, 0.2) is 22.6 Å². The number of hydrogen-bond acceptors (Lipinski definition) is 5. The Morgan fingerprint density at radius 3 is 2.71 bits per heavy atom. The van der Waals surface area contributed by atoms with Crippen molar-refractivity contribution in [1.29, 1.82) is 0 Å². The minimum atomic E-state index is -1.13. The van der Waals surface area contributed by atoms with E-state index in [1.54, 1.807) is 18.2 Å². The number of para-hydroxylation sites is 1. The summed E-state index contributed by atoms with van der Waals surface area (Å²) in [4.78, 5) is 15.6. The van der Waals surface area contributed by atoms with Gasteiger partial charge >= 0.3 is 5.97 Å². The second-order valence-electron chi connectivity index (χ2n) is 5.02. The average molecular weight is 289 g/mol. The van der Waals surface area contributed by atoms with Crippen molar-refractivity contribution in [1.82, 2.24) is 4.98 Å². The van der Waals surface area contributed by atoms with Gasteiger partial charge in [-0.2, -0.15) is 0 Å². The molecule has 0 radical (unpaired) electrons. The van der Waals surface area contributed by atoms with Crippen molar-refractivity contribution in [2.45, 2.75) is 19.8 Å². The van der Waals surface area contributed by atoms with Crippen LogP contribution in [0.1, 0.15) is 36.0 Å². The summed E-state index contributed by atoms with van der Waals surface area (Å²) in [6.45, 7) is 4.66. The number of aromatic nitrogens is 1. The van der Waals surface area contributed by atoms with Gasteiger partial charge in [0.25, 0.3) is 0 Å². The topological polar surface area (TPSA) is 81.8 Å². The average Bonchev–Trinajstić information content (AvgIpc) is 2.92. The Morgan fingerprint density at radius 2 is 2.05 bits per heavy atom. The van der Waals surface area contributed by atoms with Crippen LogP contribution in [-0.2, 0) is 0 Å². The fourth-order valence-electron chi connectivity index (χ4n) is 2.23. The quantitative estimate of drug-likeness (QED) is 0.935. The van der Waals surface area contributed by atoms with Crippen molar-refractivity contribution in [2.24, 2.45) is 0 Å². The summed E-state index contributed by atoms with van der Waals surface area (Å²) >= 11 is 0. The monoisotopic (exact) mass is 289 g/mol. The molecule has 0 atom stereocenters. The van der Waals surface area contributed by atoms with Crippen molar-refractivity contribution in [2.75, 3.05) is 13.2 Å². The van der Waals surface area contributed by atoms with Gasteiger partial charge in [-0.3, -0.25) is 0 Å². The number of hydrogen-bond donors (Lipinski definition) is 1. The Bertz CT molecular complexity index is 689. The Labute approximate surface area is 121 Å². The standard InChI is InChI=1S/C15H15NO5/c1-8(2)11-13(15(17)18)21-14(16-11)9-4-3-5-10-12(9)20-7-6-19-10/h3-5,8H,6-7H2,1-2H3,(H,17,18). The molecule has 2 aromatic rings. The van der Waals surface area contributed by atoms with E-state index in [0.717, 1.165) is 0 Å². The van der Waals surface area contributed by atoms with E-state index in [1.165, 1.54) is 0 Å². The lowest BCUT2D eigenvalue weighted by Gasteiger charge is -2.19. The van der Waals surface area contributed by atoms with Crippen LogP contribution in [0.4, 0.5) is 0 Å². The maximum Gasteiger partial charge on any atom is 0.373 e. The van der Waals surface area contributed by atoms with Crippen LogP contribution < -0.4 is 9.47 Å². The van der Waals surface area contributed by atoms with Crippen LogP contribution >= 0.6 is 0 Å². The molecule has 0 aliphatic carbocycles. The largest absolute Gasteiger partial charge is 0.486 e. The lowest BCUT2D eigenvalue weighted by molar-refractivity contribution is 0.0661. The van der Waals surface area contributed by atoms with Gasteiger partial charge in [-0.15, -0.1) is 0 Å². The zero-order chi connectivity index (χ0) is 15.0. The van der Waals surface area contributed by atoms with E-state index in [9.17, 15) is 9.90 Å².